The third kappa shape index (κ3) is 4.20. The van der Waals surface area contributed by atoms with E-state index in [1.807, 2.05) is 39.0 Å². The summed E-state index contributed by atoms with van der Waals surface area (Å²) in [6, 6.07) is 5.86. The highest BCUT2D eigenvalue weighted by Gasteiger charge is 2.15. The summed E-state index contributed by atoms with van der Waals surface area (Å²) in [4.78, 5) is 4.47. The number of ether oxygens (including phenoxy) is 2. The van der Waals surface area contributed by atoms with E-state index in [4.69, 9.17) is 9.47 Å². The predicted octanol–water partition coefficient (Wildman–Crippen LogP) is 3.44. The standard InChI is InChI=1S/C12H18BrNO2/c1-4-15-12(16-9(2)3)11-7-5-6-10(8-13)14-11/h5-7,9,12H,4,8H2,1-3H3. The van der Waals surface area contributed by atoms with Crippen LogP contribution in [0.15, 0.2) is 18.2 Å². The number of hydrogen-bond donors (Lipinski definition) is 0. The van der Waals surface area contributed by atoms with Crippen molar-refractivity contribution in [1.82, 2.24) is 4.98 Å². The fourth-order valence-electron chi connectivity index (χ4n) is 1.30. The Balaban J connectivity index is 2.82. The van der Waals surface area contributed by atoms with E-state index in [2.05, 4.69) is 20.9 Å². The summed E-state index contributed by atoms with van der Waals surface area (Å²) in [7, 11) is 0. The molecule has 0 aliphatic carbocycles. The molecule has 0 aliphatic heterocycles. The van der Waals surface area contributed by atoms with Crippen molar-refractivity contribution in [2.24, 2.45) is 0 Å². The van der Waals surface area contributed by atoms with Crippen molar-refractivity contribution in [1.29, 1.82) is 0 Å². The molecule has 0 saturated carbocycles. The molecule has 0 radical (unpaired) electrons. The van der Waals surface area contributed by atoms with Crippen molar-refractivity contribution in [3.05, 3.63) is 29.6 Å². The number of rotatable bonds is 6. The van der Waals surface area contributed by atoms with E-state index < -0.39 is 0 Å². The minimum absolute atomic E-state index is 0.117. The molecule has 0 aromatic carbocycles. The zero-order valence-corrected chi connectivity index (χ0v) is 11.5. The minimum Gasteiger partial charge on any atom is -0.347 e. The van der Waals surface area contributed by atoms with Crippen LogP contribution in [0.2, 0.25) is 0 Å². The Bertz CT molecular complexity index is 318. The summed E-state index contributed by atoms with van der Waals surface area (Å²) in [5.74, 6) is 0. The average molecular weight is 288 g/mol. The van der Waals surface area contributed by atoms with Crippen LogP contribution in [0.4, 0.5) is 0 Å². The molecule has 0 fully saturated rings. The van der Waals surface area contributed by atoms with Crippen molar-refractivity contribution in [3.8, 4) is 0 Å². The Morgan fingerprint density at radius 3 is 2.69 bits per heavy atom. The molecule has 0 saturated heterocycles. The first-order chi connectivity index (χ1) is 7.67. The fourth-order valence-corrected chi connectivity index (χ4v) is 1.61. The second-order valence-electron chi connectivity index (χ2n) is 3.66. The molecule has 4 heteroatoms. The van der Waals surface area contributed by atoms with Crippen molar-refractivity contribution in [2.45, 2.75) is 38.5 Å². The fraction of sp³-hybridized carbons (Fsp3) is 0.583. The largest absolute Gasteiger partial charge is 0.347 e. The molecule has 0 N–H and O–H groups in total. The lowest BCUT2D eigenvalue weighted by Crippen LogP contribution is -2.15. The van der Waals surface area contributed by atoms with Gasteiger partial charge in [0.1, 0.15) is 0 Å². The molecule has 0 bridgehead atoms. The maximum Gasteiger partial charge on any atom is 0.201 e. The van der Waals surface area contributed by atoms with E-state index >= 15 is 0 Å². The molecular formula is C12H18BrNO2. The second-order valence-corrected chi connectivity index (χ2v) is 4.22. The molecule has 1 aromatic heterocycles. The quantitative estimate of drug-likeness (QED) is 0.593. The maximum atomic E-state index is 5.68. The topological polar surface area (TPSA) is 31.4 Å². The van der Waals surface area contributed by atoms with Crippen molar-refractivity contribution in [3.63, 3.8) is 0 Å². The SMILES string of the molecule is CCOC(OC(C)C)c1cccc(CBr)n1. The van der Waals surface area contributed by atoms with Crippen LogP contribution in [0, 0.1) is 0 Å². The molecule has 1 heterocycles. The first kappa shape index (κ1) is 13.6. The number of aromatic nitrogens is 1. The average Bonchev–Trinajstić information content (AvgIpc) is 2.28. The highest BCUT2D eigenvalue weighted by Crippen LogP contribution is 2.19. The van der Waals surface area contributed by atoms with Gasteiger partial charge in [-0.1, -0.05) is 22.0 Å². The Morgan fingerprint density at radius 2 is 2.12 bits per heavy atom. The van der Waals surface area contributed by atoms with Crippen LogP contribution < -0.4 is 0 Å². The Kier molecular flexibility index (Phi) is 5.95. The monoisotopic (exact) mass is 287 g/mol. The van der Waals surface area contributed by atoms with E-state index in [0.717, 1.165) is 16.7 Å². The first-order valence-corrected chi connectivity index (χ1v) is 6.58. The van der Waals surface area contributed by atoms with Crippen LogP contribution >= 0.6 is 15.9 Å². The third-order valence-electron chi connectivity index (χ3n) is 1.92. The van der Waals surface area contributed by atoms with Gasteiger partial charge in [-0.05, 0) is 32.9 Å². The second kappa shape index (κ2) is 6.99. The first-order valence-electron chi connectivity index (χ1n) is 5.46. The summed E-state index contributed by atoms with van der Waals surface area (Å²) >= 11 is 3.39. The van der Waals surface area contributed by atoms with Crippen molar-refractivity contribution < 1.29 is 9.47 Å². The smallest absolute Gasteiger partial charge is 0.201 e. The molecule has 3 nitrogen and oxygen atoms in total. The maximum absolute atomic E-state index is 5.68. The van der Waals surface area contributed by atoms with E-state index in [9.17, 15) is 0 Å². The molecule has 1 rings (SSSR count). The predicted molar refractivity (Wildman–Crippen MR) is 67.5 cm³/mol. The van der Waals surface area contributed by atoms with E-state index in [-0.39, 0.29) is 12.4 Å². The summed E-state index contributed by atoms with van der Waals surface area (Å²) in [5.41, 5.74) is 1.81. The molecule has 16 heavy (non-hydrogen) atoms. The third-order valence-corrected chi connectivity index (χ3v) is 2.50. The van der Waals surface area contributed by atoms with Gasteiger partial charge in [0.05, 0.1) is 17.5 Å². The van der Waals surface area contributed by atoms with Gasteiger partial charge in [-0.15, -0.1) is 0 Å². The van der Waals surface area contributed by atoms with E-state index in [1.54, 1.807) is 0 Å². The molecule has 1 unspecified atom stereocenters. The van der Waals surface area contributed by atoms with Gasteiger partial charge in [0.2, 0.25) is 6.29 Å². The lowest BCUT2D eigenvalue weighted by atomic mass is 10.3. The Morgan fingerprint density at radius 1 is 1.38 bits per heavy atom. The number of alkyl halides is 1. The van der Waals surface area contributed by atoms with Crippen LogP contribution in [0.1, 0.15) is 38.4 Å². The summed E-state index contributed by atoms with van der Waals surface area (Å²) in [5, 5.41) is 0.737. The number of halogens is 1. The molecule has 0 aliphatic rings. The Labute approximate surface area is 105 Å². The lowest BCUT2D eigenvalue weighted by molar-refractivity contribution is -0.166. The minimum atomic E-state index is -0.371. The number of hydrogen-bond acceptors (Lipinski definition) is 3. The van der Waals surface area contributed by atoms with Gasteiger partial charge in [-0.25, -0.2) is 0 Å². The normalized spacial score (nSPS) is 13.1. The van der Waals surface area contributed by atoms with Gasteiger partial charge in [0.25, 0.3) is 0 Å². The lowest BCUT2D eigenvalue weighted by Gasteiger charge is -2.20. The van der Waals surface area contributed by atoms with Crippen LogP contribution in [0.3, 0.4) is 0 Å². The van der Waals surface area contributed by atoms with E-state index in [0.29, 0.717) is 6.61 Å². The number of pyridine rings is 1. The summed E-state index contributed by atoms with van der Waals surface area (Å²) < 4.78 is 11.2. The van der Waals surface area contributed by atoms with Crippen molar-refractivity contribution >= 4 is 15.9 Å². The molecule has 90 valence electrons. The molecule has 0 amide bonds. The van der Waals surface area contributed by atoms with Crippen LogP contribution in [0.25, 0.3) is 0 Å². The van der Waals surface area contributed by atoms with Gasteiger partial charge >= 0.3 is 0 Å². The number of nitrogens with zero attached hydrogens (tertiary/aromatic N) is 1. The Hall–Kier alpha value is -0.450. The summed E-state index contributed by atoms with van der Waals surface area (Å²) in [6.45, 7) is 6.53. The highest BCUT2D eigenvalue weighted by molar-refractivity contribution is 9.08. The van der Waals surface area contributed by atoms with Gasteiger partial charge in [-0.3, -0.25) is 4.98 Å². The zero-order chi connectivity index (χ0) is 12.0. The zero-order valence-electron chi connectivity index (χ0n) is 9.94. The molecule has 1 atom stereocenters. The molecule has 0 spiro atoms. The van der Waals surface area contributed by atoms with Gasteiger partial charge < -0.3 is 9.47 Å². The van der Waals surface area contributed by atoms with Crippen molar-refractivity contribution in [2.75, 3.05) is 6.61 Å². The van der Waals surface area contributed by atoms with Crippen LogP contribution in [-0.2, 0) is 14.8 Å². The van der Waals surface area contributed by atoms with Gasteiger partial charge in [-0.2, -0.15) is 0 Å². The van der Waals surface area contributed by atoms with Gasteiger partial charge in [0, 0.05) is 11.9 Å². The van der Waals surface area contributed by atoms with Crippen LogP contribution in [-0.4, -0.2) is 17.7 Å². The summed E-state index contributed by atoms with van der Waals surface area (Å²) in [6.07, 6.45) is -0.255. The van der Waals surface area contributed by atoms with E-state index in [1.165, 1.54) is 0 Å². The molecule has 1 aromatic rings. The van der Waals surface area contributed by atoms with Crippen LogP contribution in [0.5, 0.6) is 0 Å². The molecular weight excluding hydrogens is 270 g/mol. The van der Waals surface area contributed by atoms with Gasteiger partial charge in [0.15, 0.2) is 0 Å². The highest BCUT2D eigenvalue weighted by atomic mass is 79.9.